The van der Waals surface area contributed by atoms with E-state index in [1.54, 1.807) is 11.1 Å². The second kappa shape index (κ2) is 4.45. The van der Waals surface area contributed by atoms with Gasteiger partial charge in [-0.1, -0.05) is 55.4 Å². The van der Waals surface area contributed by atoms with Gasteiger partial charge in [-0.2, -0.15) is 0 Å². The lowest BCUT2D eigenvalue weighted by atomic mass is 9.40. The van der Waals surface area contributed by atoms with Crippen LogP contribution in [0.25, 0.3) is 19.5 Å². The predicted molar refractivity (Wildman–Crippen MR) is 111 cm³/mol. The molecular weight excluding hydrogens is 328 g/mol. The zero-order valence-electron chi connectivity index (χ0n) is 16.1. The molecule has 1 aliphatic carbocycles. The van der Waals surface area contributed by atoms with Gasteiger partial charge in [-0.05, 0) is 56.4 Å². The molecule has 0 amide bonds. The molecule has 0 nitrogen and oxygen atoms in total. The Hall–Kier alpha value is -0.860. The first-order valence-corrected chi connectivity index (χ1v) is 10.6. The summed E-state index contributed by atoms with van der Waals surface area (Å²) in [6.45, 7) is 19.7. The number of benzene rings is 1. The molecule has 4 rings (SSSR count). The highest BCUT2D eigenvalue weighted by molar-refractivity contribution is 7.32. The second-order valence-corrected chi connectivity index (χ2v) is 11.6. The molecule has 0 saturated heterocycles. The first kappa shape index (κ1) is 16.6. The predicted octanol–water partition coefficient (Wildman–Crippen LogP) is 7.74. The van der Waals surface area contributed by atoms with Crippen LogP contribution in [0.2, 0.25) is 0 Å². The van der Waals surface area contributed by atoms with Crippen molar-refractivity contribution in [2.24, 2.45) is 10.8 Å². The second-order valence-electron chi connectivity index (χ2n) is 9.61. The first-order chi connectivity index (χ1) is 10.9. The van der Waals surface area contributed by atoms with Gasteiger partial charge >= 0.3 is 0 Å². The van der Waals surface area contributed by atoms with Crippen LogP contribution in [-0.4, -0.2) is 0 Å². The van der Waals surface area contributed by atoms with Crippen molar-refractivity contribution >= 4 is 42.2 Å². The summed E-state index contributed by atoms with van der Waals surface area (Å²) in [5.41, 5.74) is 3.80. The van der Waals surface area contributed by atoms with E-state index in [4.69, 9.17) is 0 Å². The van der Waals surface area contributed by atoms with E-state index in [0.29, 0.717) is 0 Å². The summed E-state index contributed by atoms with van der Waals surface area (Å²) >= 11 is 3.84. The minimum absolute atomic E-state index is 0.140. The lowest BCUT2D eigenvalue weighted by Crippen LogP contribution is -2.59. The Morgan fingerprint density at radius 2 is 1.25 bits per heavy atom. The van der Waals surface area contributed by atoms with Crippen molar-refractivity contribution in [2.75, 3.05) is 0 Å². The normalized spacial score (nSPS) is 23.5. The fourth-order valence-electron chi connectivity index (χ4n) is 4.80. The van der Waals surface area contributed by atoms with Crippen LogP contribution < -0.4 is 0 Å². The Morgan fingerprint density at radius 3 is 1.83 bits per heavy atom. The topological polar surface area (TPSA) is 0 Å². The van der Waals surface area contributed by atoms with Crippen molar-refractivity contribution in [1.29, 1.82) is 0 Å². The molecule has 0 unspecified atom stereocenters. The highest BCUT2D eigenvalue weighted by Crippen LogP contribution is 2.66. The summed E-state index contributed by atoms with van der Waals surface area (Å²) in [5.74, 6) is 0. The molecule has 3 aromatic rings. The van der Waals surface area contributed by atoms with Gasteiger partial charge in [0.05, 0.1) is 4.70 Å². The standard InChI is InChI=1S/C22H28S2/c1-19(2)14-11-13-17(24-16-9-10-23-18(13)16)12-15(14)20(3,4)22(7,8)21(19,5)6/h9-12H,1-8H3. The Labute approximate surface area is 153 Å². The Balaban J connectivity index is 2.16. The highest BCUT2D eigenvalue weighted by atomic mass is 32.1. The summed E-state index contributed by atoms with van der Waals surface area (Å²) in [4.78, 5) is 0. The van der Waals surface area contributed by atoms with Crippen molar-refractivity contribution in [2.45, 2.75) is 66.2 Å². The van der Waals surface area contributed by atoms with Gasteiger partial charge in [0.1, 0.15) is 0 Å². The van der Waals surface area contributed by atoms with E-state index in [2.05, 4.69) is 79.0 Å². The molecule has 0 aliphatic heterocycles. The average molecular weight is 357 g/mol. The Morgan fingerprint density at radius 1 is 0.708 bits per heavy atom. The molecule has 2 heterocycles. The summed E-state index contributed by atoms with van der Waals surface area (Å²) < 4.78 is 4.36. The zero-order chi connectivity index (χ0) is 17.7. The Kier molecular flexibility index (Phi) is 3.08. The smallest absolute Gasteiger partial charge is 0.0529 e. The van der Waals surface area contributed by atoms with Gasteiger partial charge in [-0.25, -0.2) is 0 Å². The van der Waals surface area contributed by atoms with E-state index in [1.807, 2.05) is 22.7 Å². The highest BCUT2D eigenvalue weighted by Gasteiger charge is 2.60. The van der Waals surface area contributed by atoms with Gasteiger partial charge in [0.25, 0.3) is 0 Å². The van der Waals surface area contributed by atoms with Gasteiger partial charge < -0.3 is 0 Å². The molecule has 0 saturated carbocycles. The molecule has 0 spiro atoms. The third-order valence-electron chi connectivity index (χ3n) is 8.25. The summed E-state index contributed by atoms with van der Waals surface area (Å²) in [6.07, 6.45) is 0. The molecule has 0 N–H and O–H groups in total. The van der Waals surface area contributed by atoms with Gasteiger partial charge in [0.2, 0.25) is 0 Å². The van der Waals surface area contributed by atoms with E-state index in [9.17, 15) is 0 Å². The van der Waals surface area contributed by atoms with Crippen LogP contribution in [0.5, 0.6) is 0 Å². The fourth-order valence-corrected chi connectivity index (χ4v) is 7.07. The van der Waals surface area contributed by atoms with E-state index < -0.39 is 0 Å². The van der Waals surface area contributed by atoms with Gasteiger partial charge in [0.15, 0.2) is 0 Å². The van der Waals surface area contributed by atoms with E-state index in [-0.39, 0.29) is 21.7 Å². The molecule has 2 aromatic heterocycles. The van der Waals surface area contributed by atoms with Crippen LogP contribution in [-0.2, 0) is 10.8 Å². The lowest BCUT2D eigenvalue weighted by molar-refractivity contribution is -0.0439. The number of rotatable bonds is 0. The molecular formula is C22H28S2. The Bertz CT molecular complexity index is 961. The van der Waals surface area contributed by atoms with Crippen molar-refractivity contribution < 1.29 is 0 Å². The molecule has 0 fully saturated rings. The molecule has 0 radical (unpaired) electrons. The SMILES string of the molecule is CC1(C)c2cc3sc4ccsc4c3cc2C(C)(C)C(C)(C)C1(C)C. The monoisotopic (exact) mass is 356 g/mol. The van der Waals surface area contributed by atoms with Gasteiger partial charge in [-0.3, -0.25) is 0 Å². The number of hydrogen-bond acceptors (Lipinski definition) is 2. The number of hydrogen-bond donors (Lipinski definition) is 0. The van der Waals surface area contributed by atoms with Crippen LogP contribution in [0.15, 0.2) is 23.6 Å². The van der Waals surface area contributed by atoms with Crippen LogP contribution in [0.4, 0.5) is 0 Å². The zero-order valence-corrected chi connectivity index (χ0v) is 17.8. The molecule has 24 heavy (non-hydrogen) atoms. The molecule has 0 bridgehead atoms. The van der Waals surface area contributed by atoms with E-state index >= 15 is 0 Å². The molecule has 1 aliphatic rings. The summed E-state index contributed by atoms with van der Waals surface area (Å²) in [5, 5.41) is 3.69. The van der Waals surface area contributed by atoms with Crippen LogP contribution in [0.3, 0.4) is 0 Å². The number of fused-ring (bicyclic) bond motifs is 4. The van der Waals surface area contributed by atoms with Crippen molar-refractivity contribution in [3.63, 3.8) is 0 Å². The molecule has 0 atom stereocenters. The third kappa shape index (κ3) is 1.65. The fraction of sp³-hybridized carbons (Fsp3) is 0.545. The molecule has 128 valence electrons. The minimum atomic E-state index is 0.140. The largest absolute Gasteiger partial charge is 0.142 e. The van der Waals surface area contributed by atoms with Crippen molar-refractivity contribution in [3.05, 3.63) is 34.7 Å². The quantitative estimate of drug-likeness (QED) is 0.386. The summed E-state index contributed by atoms with van der Waals surface area (Å²) in [6, 6.07) is 7.31. The van der Waals surface area contributed by atoms with E-state index in [1.165, 1.54) is 19.5 Å². The van der Waals surface area contributed by atoms with Crippen molar-refractivity contribution in [1.82, 2.24) is 0 Å². The van der Waals surface area contributed by atoms with Gasteiger partial charge in [0, 0.05) is 14.8 Å². The maximum absolute atomic E-state index is 2.53. The van der Waals surface area contributed by atoms with Crippen LogP contribution >= 0.6 is 22.7 Å². The minimum Gasteiger partial charge on any atom is -0.142 e. The summed E-state index contributed by atoms with van der Waals surface area (Å²) in [7, 11) is 0. The maximum Gasteiger partial charge on any atom is 0.0529 e. The number of thiophene rings is 2. The first-order valence-electron chi connectivity index (χ1n) is 8.87. The molecule has 2 heteroatoms. The average Bonchev–Trinajstić information content (AvgIpc) is 3.04. The third-order valence-corrected chi connectivity index (χ3v) is 10.4. The van der Waals surface area contributed by atoms with E-state index in [0.717, 1.165) is 0 Å². The lowest BCUT2D eigenvalue weighted by Gasteiger charge is -2.64. The van der Waals surface area contributed by atoms with Gasteiger partial charge in [-0.15, -0.1) is 22.7 Å². The van der Waals surface area contributed by atoms with Crippen LogP contribution in [0.1, 0.15) is 66.5 Å². The maximum atomic E-state index is 2.53. The van der Waals surface area contributed by atoms with Crippen LogP contribution in [0, 0.1) is 10.8 Å². The molecule has 1 aromatic carbocycles. The van der Waals surface area contributed by atoms with Crippen molar-refractivity contribution in [3.8, 4) is 0 Å².